The van der Waals surface area contributed by atoms with Gasteiger partial charge in [0.1, 0.15) is 17.4 Å². The highest BCUT2D eigenvalue weighted by Crippen LogP contribution is 2.41. The Kier molecular flexibility index (Phi) is 4.87. The molecule has 5 rings (SSSR count). The van der Waals surface area contributed by atoms with E-state index in [9.17, 15) is 9.59 Å². The predicted molar refractivity (Wildman–Crippen MR) is 120 cm³/mol. The monoisotopic (exact) mass is 432 g/mol. The number of nitrogens with zero attached hydrogens (tertiary/aromatic N) is 2. The number of nitrogens with one attached hydrogen (secondary N) is 2. The van der Waals surface area contributed by atoms with Crippen LogP contribution in [0.4, 0.5) is 11.5 Å². The third kappa shape index (κ3) is 3.53. The van der Waals surface area contributed by atoms with Gasteiger partial charge in [-0.25, -0.2) is 4.68 Å². The van der Waals surface area contributed by atoms with Gasteiger partial charge in [-0.3, -0.25) is 9.59 Å². The molecule has 2 aromatic carbocycles. The van der Waals surface area contributed by atoms with Crippen molar-refractivity contribution in [2.45, 2.75) is 32.2 Å². The summed E-state index contributed by atoms with van der Waals surface area (Å²) >= 11 is 6.08. The van der Waals surface area contributed by atoms with Crippen LogP contribution in [0, 0.1) is 6.92 Å². The second-order valence-electron chi connectivity index (χ2n) is 7.92. The number of benzene rings is 2. The van der Waals surface area contributed by atoms with Crippen LogP contribution >= 0.6 is 11.6 Å². The van der Waals surface area contributed by atoms with Crippen LogP contribution in [0.5, 0.6) is 0 Å². The van der Waals surface area contributed by atoms with Crippen LogP contribution < -0.4 is 10.6 Å². The van der Waals surface area contributed by atoms with E-state index in [2.05, 4.69) is 15.7 Å². The number of allylic oxidation sites excluding steroid dienone is 2. The van der Waals surface area contributed by atoms with Gasteiger partial charge in [0, 0.05) is 28.4 Å². The summed E-state index contributed by atoms with van der Waals surface area (Å²) in [7, 11) is 0. The van der Waals surface area contributed by atoms with Crippen molar-refractivity contribution in [1.29, 1.82) is 0 Å². The van der Waals surface area contributed by atoms with E-state index in [0.29, 0.717) is 28.5 Å². The van der Waals surface area contributed by atoms with Crippen LogP contribution in [0.25, 0.3) is 0 Å². The van der Waals surface area contributed by atoms with Crippen molar-refractivity contribution in [2.75, 3.05) is 10.6 Å². The summed E-state index contributed by atoms with van der Waals surface area (Å²) in [5, 5.41) is 11.4. The number of amides is 1. The maximum atomic E-state index is 13.0. The zero-order chi connectivity index (χ0) is 21.5. The van der Waals surface area contributed by atoms with Crippen molar-refractivity contribution in [3.8, 4) is 0 Å². The van der Waals surface area contributed by atoms with E-state index in [1.54, 1.807) is 23.0 Å². The van der Waals surface area contributed by atoms with Crippen LogP contribution in [-0.4, -0.2) is 21.5 Å². The molecule has 6 nitrogen and oxygen atoms in total. The molecule has 0 saturated carbocycles. The van der Waals surface area contributed by atoms with Crippen LogP contribution in [0.2, 0.25) is 5.02 Å². The normalized spacial score (nSPS) is 17.6. The Morgan fingerprint density at radius 3 is 2.61 bits per heavy atom. The topological polar surface area (TPSA) is 76.0 Å². The molecule has 1 aromatic heterocycles. The first-order chi connectivity index (χ1) is 15.0. The highest BCUT2D eigenvalue weighted by molar-refractivity contribution is 6.30. The second kappa shape index (κ2) is 7.71. The number of hydrogen-bond donors (Lipinski definition) is 2. The summed E-state index contributed by atoms with van der Waals surface area (Å²) in [6, 6.07) is 14.7. The number of anilines is 2. The largest absolute Gasteiger partial charge is 0.343 e. The molecule has 1 atom stereocenters. The van der Waals surface area contributed by atoms with E-state index >= 15 is 0 Å². The first-order valence-corrected chi connectivity index (χ1v) is 10.6. The number of ketones is 1. The zero-order valence-corrected chi connectivity index (χ0v) is 17.7. The summed E-state index contributed by atoms with van der Waals surface area (Å²) in [5.41, 5.74) is 4.76. The first kappa shape index (κ1) is 19.6. The van der Waals surface area contributed by atoms with E-state index < -0.39 is 6.04 Å². The molecule has 2 heterocycles. The Labute approximate surface area is 184 Å². The van der Waals surface area contributed by atoms with E-state index in [1.807, 2.05) is 43.3 Å². The number of carbonyl (C=O) groups excluding carboxylic acids is 2. The average molecular weight is 433 g/mol. The van der Waals surface area contributed by atoms with Gasteiger partial charge in [-0.15, -0.1) is 0 Å². The van der Waals surface area contributed by atoms with Crippen LogP contribution in [0.3, 0.4) is 0 Å². The standard InChI is InChI=1S/C24H21ClN4O2/c1-14-5-11-17(12-6-14)27-24(31)18-13-26-29-22(15-7-9-16(25)10-8-15)21-19(28-23(18)29)3-2-4-20(21)30/h5-13,22,28H,2-4H2,1H3,(H,27,31)/t22-/m1/s1. The molecule has 0 spiro atoms. The Balaban J connectivity index is 1.56. The highest BCUT2D eigenvalue weighted by Gasteiger charge is 2.37. The molecule has 0 unspecified atom stereocenters. The minimum absolute atomic E-state index is 0.112. The van der Waals surface area contributed by atoms with Gasteiger partial charge < -0.3 is 10.6 Å². The smallest absolute Gasteiger partial charge is 0.261 e. The van der Waals surface area contributed by atoms with Crippen molar-refractivity contribution in [2.24, 2.45) is 0 Å². The Morgan fingerprint density at radius 2 is 1.87 bits per heavy atom. The Hall–Kier alpha value is -3.38. The van der Waals surface area contributed by atoms with Crippen molar-refractivity contribution in [1.82, 2.24) is 9.78 Å². The van der Waals surface area contributed by atoms with Crippen molar-refractivity contribution in [3.05, 3.63) is 87.7 Å². The number of aryl methyl sites for hydroxylation is 1. The third-order valence-corrected chi connectivity index (χ3v) is 6.03. The number of hydrogen-bond acceptors (Lipinski definition) is 4. The van der Waals surface area contributed by atoms with Gasteiger partial charge in [0.2, 0.25) is 0 Å². The molecule has 2 aliphatic rings. The molecule has 156 valence electrons. The fourth-order valence-corrected chi connectivity index (χ4v) is 4.34. The molecular weight excluding hydrogens is 412 g/mol. The lowest BCUT2D eigenvalue weighted by Crippen LogP contribution is -2.32. The van der Waals surface area contributed by atoms with Gasteiger partial charge in [-0.2, -0.15) is 5.10 Å². The molecule has 0 radical (unpaired) electrons. The number of fused-ring (bicyclic) bond motifs is 1. The minimum atomic E-state index is -0.391. The summed E-state index contributed by atoms with van der Waals surface area (Å²) in [4.78, 5) is 25.9. The van der Waals surface area contributed by atoms with Crippen molar-refractivity contribution >= 4 is 34.8 Å². The molecule has 1 aliphatic carbocycles. The van der Waals surface area contributed by atoms with Crippen molar-refractivity contribution in [3.63, 3.8) is 0 Å². The predicted octanol–water partition coefficient (Wildman–Crippen LogP) is 5.12. The van der Waals surface area contributed by atoms with Crippen LogP contribution in [-0.2, 0) is 4.79 Å². The molecular formula is C24H21ClN4O2. The van der Waals surface area contributed by atoms with Gasteiger partial charge >= 0.3 is 0 Å². The molecule has 1 aliphatic heterocycles. The Morgan fingerprint density at radius 1 is 1.13 bits per heavy atom. The lowest BCUT2D eigenvalue weighted by molar-refractivity contribution is -0.116. The maximum Gasteiger partial charge on any atom is 0.261 e. The third-order valence-electron chi connectivity index (χ3n) is 5.78. The molecule has 3 aromatic rings. The second-order valence-corrected chi connectivity index (χ2v) is 8.36. The number of halogens is 1. The maximum absolute atomic E-state index is 13.0. The van der Waals surface area contributed by atoms with Crippen LogP contribution in [0.1, 0.15) is 46.8 Å². The molecule has 1 amide bonds. The van der Waals surface area contributed by atoms with Gasteiger partial charge in [-0.1, -0.05) is 41.4 Å². The SMILES string of the molecule is Cc1ccc(NC(=O)c2cnn3c2NC2=C(C(=O)CCC2)[C@H]3c2ccc(Cl)cc2)cc1. The van der Waals surface area contributed by atoms with Gasteiger partial charge in [0.15, 0.2) is 5.78 Å². The van der Waals surface area contributed by atoms with E-state index in [4.69, 9.17) is 11.6 Å². The molecule has 0 bridgehead atoms. The number of aromatic nitrogens is 2. The average Bonchev–Trinajstić information content (AvgIpc) is 3.18. The number of carbonyl (C=O) groups is 2. The lowest BCUT2D eigenvalue weighted by Gasteiger charge is -2.33. The lowest BCUT2D eigenvalue weighted by atomic mass is 9.85. The first-order valence-electron chi connectivity index (χ1n) is 10.3. The number of rotatable bonds is 3. The fourth-order valence-electron chi connectivity index (χ4n) is 4.21. The Bertz CT molecular complexity index is 1210. The summed E-state index contributed by atoms with van der Waals surface area (Å²) < 4.78 is 1.73. The molecule has 0 saturated heterocycles. The molecule has 7 heteroatoms. The van der Waals surface area contributed by atoms with E-state index in [-0.39, 0.29) is 11.7 Å². The molecule has 31 heavy (non-hydrogen) atoms. The van der Waals surface area contributed by atoms with Gasteiger partial charge in [-0.05, 0) is 49.6 Å². The van der Waals surface area contributed by atoms with Gasteiger partial charge in [0.25, 0.3) is 5.91 Å². The minimum Gasteiger partial charge on any atom is -0.343 e. The quantitative estimate of drug-likeness (QED) is 0.602. The summed E-state index contributed by atoms with van der Waals surface area (Å²) in [6.07, 6.45) is 3.62. The summed E-state index contributed by atoms with van der Waals surface area (Å²) in [6.45, 7) is 2.00. The van der Waals surface area contributed by atoms with E-state index in [1.165, 1.54) is 0 Å². The van der Waals surface area contributed by atoms with Gasteiger partial charge in [0.05, 0.1) is 6.20 Å². The zero-order valence-electron chi connectivity index (χ0n) is 17.0. The van der Waals surface area contributed by atoms with E-state index in [0.717, 1.165) is 35.2 Å². The van der Waals surface area contributed by atoms with Crippen LogP contribution in [0.15, 0.2) is 66.0 Å². The number of Topliss-reactive ketones (excluding diaryl/α,β-unsaturated/α-hetero) is 1. The molecule has 2 N–H and O–H groups in total. The highest BCUT2D eigenvalue weighted by atomic mass is 35.5. The fraction of sp³-hybridized carbons (Fsp3) is 0.208. The van der Waals surface area contributed by atoms with Crippen molar-refractivity contribution < 1.29 is 9.59 Å². The summed E-state index contributed by atoms with van der Waals surface area (Å²) in [5.74, 6) is 0.456. The molecule has 0 fully saturated rings.